The molecule has 5 nitrogen and oxygen atoms in total. The fraction of sp³-hybridized carbons (Fsp3) is 0. The van der Waals surface area contributed by atoms with E-state index >= 15 is 0 Å². The van der Waals surface area contributed by atoms with Gasteiger partial charge in [0.15, 0.2) is 0 Å². The minimum Gasteiger partial charge on any atom is -0.299 e. The normalized spacial score (nSPS) is 10.2. The van der Waals surface area contributed by atoms with Crippen LogP contribution in [0.2, 0.25) is 0 Å². The van der Waals surface area contributed by atoms with Crippen molar-refractivity contribution in [3.63, 3.8) is 0 Å². The Morgan fingerprint density at radius 2 is 2.31 bits per heavy atom. The predicted octanol–water partition coefficient (Wildman–Crippen LogP) is 1.20. The molecule has 0 bridgehead atoms. The van der Waals surface area contributed by atoms with Gasteiger partial charge in [-0.3, -0.25) is 14.9 Å². The fourth-order valence-electron chi connectivity index (χ4n) is 0.822. The maximum Gasteiger partial charge on any atom is 0.294 e. The highest BCUT2D eigenvalue weighted by Gasteiger charge is 2.10. The second kappa shape index (κ2) is 4.10. The van der Waals surface area contributed by atoms with Gasteiger partial charge in [0.05, 0.1) is 4.92 Å². The SMILES string of the molecule is O=CC=Cc1ncccc1[N+](=O)[O-]. The van der Waals surface area contributed by atoms with E-state index in [1.54, 1.807) is 0 Å². The molecule has 13 heavy (non-hydrogen) atoms. The first kappa shape index (κ1) is 9.05. The van der Waals surface area contributed by atoms with Gasteiger partial charge in [-0.15, -0.1) is 0 Å². The minimum absolute atomic E-state index is 0.111. The van der Waals surface area contributed by atoms with E-state index in [-0.39, 0.29) is 11.4 Å². The van der Waals surface area contributed by atoms with Gasteiger partial charge < -0.3 is 0 Å². The Hall–Kier alpha value is -2.04. The van der Waals surface area contributed by atoms with Crippen molar-refractivity contribution in [2.75, 3.05) is 0 Å². The summed E-state index contributed by atoms with van der Waals surface area (Å²) in [4.78, 5) is 23.6. The summed E-state index contributed by atoms with van der Waals surface area (Å²) in [6.07, 6.45) is 4.43. The van der Waals surface area contributed by atoms with Crippen LogP contribution in [0.15, 0.2) is 24.4 Å². The van der Waals surface area contributed by atoms with Crippen molar-refractivity contribution in [3.8, 4) is 0 Å². The van der Waals surface area contributed by atoms with Crippen LogP contribution in [0, 0.1) is 10.1 Å². The summed E-state index contributed by atoms with van der Waals surface area (Å²) < 4.78 is 0. The summed E-state index contributed by atoms with van der Waals surface area (Å²) in [6, 6.07) is 2.80. The number of rotatable bonds is 3. The summed E-state index contributed by atoms with van der Waals surface area (Å²) in [6.45, 7) is 0. The van der Waals surface area contributed by atoms with Crippen LogP contribution in [0.25, 0.3) is 6.08 Å². The third-order valence-electron chi connectivity index (χ3n) is 1.35. The molecule has 0 spiro atoms. The van der Waals surface area contributed by atoms with Crippen LogP contribution in [-0.2, 0) is 4.79 Å². The van der Waals surface area contributed by atoms with Gasteiger partial charge in [-0.05, 0) is 18.2 Å². The molecule has 0 amide bonds. The highest BCUT2D eigenvalue weighted by molar-refractivity contribution is 5.74. The lowest BCUT2D eigenvalue weighted by Crippen LogP contribution is -1.93. The molecule has 1 heterocycles. The van der Waals surface area contributed by atoms with Crippen molar-refractivity contribution in [1.29, 1.82) is 0 Å². The molecule has 0 unspecified atom stereocenters. The molecule has 0 saturated heterocycles. The zero-order valence-corrected chi connectivity index (χ0v) is 6.58. The zero-order valence-electron chi connectivity index (χ0n) is 6.58. The number of hydrogen-bond donors (Lipinski definition) is 0. The average molecular weight is 178 g/mol. The zero-order chi connectivity index (χ0) is 9.68. The minimum atomic E-state index is -0.544. The molecular weight excluding hydrogens is 172 g/mol. The van der Waals surface area contributed by atoms with E-state index in [4.69, 9.17) is 0 Å². The Bertz CT molecular complexity index is 360. The van der Waals surface area contributed by atoms with Crippen LogP contribution < -0.4 is 0 Å². The predicted molar refractivity (Wildman–Crippen MR) is 46.0 cm³/mol. The number of pyridine rings is 1. The molecule has 0 saturated carbocycles. The molecule has 0 atom stereocenters. The monoisotopic (exact) mass is 178 g/mol. The fourth-order valence-corrected chi connectivity index (χ4v) is 0.822. The number of hydrogen-bond acceptors (Lipinski definition) is 4. The lowest BCUT2D eigenvalue weighted by atomic mass is 10.3. The summed E-state index contributed by atoms with van der Waals surface area (Å²) in [5.74, 6) is 0. The Labute approximate surface area is 73.9 Å². The number of aldehydes is 1. The van der Waals surface area contributed by atoms with E-state index in [1.165, 1.54) is 24.4 Å². The second-order valence-corrected chi connectivity index (χ2v) is 2.16. The van der Waals surface area contributed by atoms with Gasteiger partial charge in [0.1, 0.15) is 12.0 Å². The standard InChI is InChI=1S/C8H6N2O3/c11-6-2-3-7-8(10(12)13)4-1-5-9-7/h1-6H. The van der Waals surface area contributed by atoms with Crippen molar-refractivity contribution in [3.05, 3.63) is 40.2 Å². The first-order valence-corrected chi connectivity index (χ1v) is 3.47. The molecule has 1 aromatic heterocycles. The summed E-state index contributed by atoms with van der Waals surface area (Å²) >= 11 is 0. The van der Waals surface area contributed by atoms with Crippen LogP contribution >= 0.6 is 0 Å². The van der Waals surface area contributed by atoms with Gasteiger partial charge in [0.25, 0.3) is 5.69 Å². The maximum absolute atomic E-state index is 10.4. The van der Waals surface area contributed by atoms with Crippen LogP contribution in [-0.4, -0.2) is 16.2 Å². The van der Waals surface area contributed by atoms with Crippen molar-refractivity contribution in [2.45, 2.75) is 0 Å². The van der Waals surface area contributed by atoms with Crippen LogP contribution in [0.1, 0.15) is 5.69 Å². The molecule has 0 aliphatic heterocycles. The molecule has 0 fully saturated rings. The Kier molecular flexibility index (Phi) is 2.86. The molecule has 0 radical (unpaired) electrons. The summed E-state index contributed by atoms with van der Waals surface area (Å²) in [5.41, 5.74) is 0.0696. The van der Waals surface area contributed by atoms with E-state index in [0.717, 1.165) is 6.08 Å². The largest absolute Gasteiger partial charge is 0.299 e. The number of carbonyl (C=O) groups excluding carboxylic acids is 1. The van der Waals surface area contributed by atoms with Crippen LogP contribution in [0.5, 0.6) is 0 Å². The van der Waals surface area contributed by atoms with E-state index in [9.17, 15) is 14.9 Å². The van der Waals surface area contributed by atoms with Crippen molar-refractivity contribution >= 4 is 18.0 Å². The highest BCUT2D eigenvalue weighted by atomic mass is 16.6. The first-order chi connectivity index (χ1) is 6.25. The van der Waals surface area contributed by atoms with Crippen molar-refractivity contribution in [1.82, 2.24) is 4.98 Å². The maximum atomic E-state index is 10.4. The quantitative estimate of drug-likeness (QED) is 0.301. The van der Waals surface area contributed by atoms with E-state index in [1.807, 2.05) is 0 Å². The third kappa shape index (κ3) is 2.19. The van der Waals surface area contributed by atoms with Gasteiger partial charge in [0, 0.05) is 12.3 Å². The topological polar surface area (TPSA) is 73.1 Å². The molecule has 1 aromatic rings. The van der Waals surface area contributed by atoms with Crippen LogP contribution in [0.3, 0.4) is 0 Å². The number of nitro groups is 1. The van der Waals surface area contributed by atoms with Crippen LogP contribution in [0.4, 0.5) is 5.69 Å². The summed E-state index contributed by atoms with van der Waals surface area (Å²) in [5, 5.41) is 10.4. The lowest BCUT2D eigenvalue weighted by molar-refractivity contribution is -0.385. The van der Waals surface area contributed by atoms with Gasteiger partial charge in [-0.25, -0.2) is 4.98 Å². The molecule has 0 aliphatic carbocycles. The molecular formula is C8H6N2O3. The second-order valence-electron chi connectivity index (χ2n) is 2.16. The molecule has 1 rings (SSSR count). The van der Waals surface area contributed by atoms with E-state index in [2.05, 4.69) is 4.98 Å². The third-order valence-corrected chi connectivity index (χ3v) is 1.35. The highest BCUT2D eigenvalue weighted by Crippen LogP contribution is 2.15. The molecule has 5 heteroatoms. The number of aromatic nitrogens is 1. The average Bonchev–Trinajstić information content (AvgIpc) is 2.15. The van der Waals surface area contributed by atoms with Crippen molar-refractivity contribution in [2.24, 2.45) is 0 Å². The number of carbonyl (C=O) groups is 1. The Morgan fingerprint density at radius 3 is 2.92 bits per heavy atom. The Morgan fingerprint density at radius 1 is 1.54 bits per heavy atom. The number of nitrogens with zero attached hydrogens (tertiary/aromatic N) is 2. The molecule has 0 aliphatic rings. The van der Waals surface area contributed by atoms with E-state index in [0.29, 0.717) is 6.29 Å². The first-order valence-electron chi connectivity index (χ1n) is 3.47. The van der Waals surface area contributed by atoms with E-state index < -0.39 is 4.92 Å². The Balaban J connectivity index is 3.11. The van der Waals surface area contributed by atoms with Gasteiger partial charge in [0.2, 0.25) is 0 Å². The van der Waals surface area contributed by atoms with Gasteiger partial charge >= 0.3 is 0 Å². The smallest absolute Gasteiger partial charge is 0.294 e. The lowest BCUT2D eigenvalue weighted by Gasteiger charge is -1.93. The molecule has 66 valence electrons. The number of allylic oxidation sites excluding steroid dienone is 1. The molecule has 0 N–H and O–H groups in total. The molecule has 0 aromatic carbocycles. The van der Waals surface area contributed by atoms with Gasteiger partial charge in [-0.1, -0.05) is 0 Å². The van der Waals surface area contributed by atoms with Crippen molar-refractivity contribution < 1.29 is 9.72 Å². The summed E-state index contributed by atoms with van der Waals surface area (Å²) in [7, 11) is 0. The van der Waals surface area contributed by atoms with Gasteiger partial charge in [-0.2, -0.15) is 0 Å².